The summed E-state index contributed by atoms with van der Waals surface area (Å²) in [5, 5.41) is 0. The molecule has 3 aliphatic rings. The number of rotatable bonds is 7. The molecule has 1 saturated carbocycles. The van der Waals surface area contributed by atoms with E-state index in [1.54, 1.807) is 7.11 Å². The maximum atomic E-state index is 13.3. The Morgan fingerprint density at radius 3 is 2.35 bits per heavy atom. The van der Waals surface area contributed by atoms with Crippen LogP contribution in [0.4, 0.5) is 0 Å². The largest absolute Gasteiger partial charge is 0.497 e. The number of methoxy groups -OCH3 is 1. The molecule has 0 unspecified atom stereocenters. The lowest BCUT2D eigenvalue weighted by Crippen LogP contribution is -2.50. The van der Waals surface area contributed by atoms with E-state index in [9.17, 15) is 4.79 Å². The van der Waals surface area contributed by atoms with Crippen molar-refractivity contribution >= 4 is 5.97 Å². The zero-order chi connectivity index (χ0) is 21.9. The molecular weight excluding hydrogens is 398 g/mol. The SMILES string of the molecule is CCOC(=O)[C@]1(OCC)CN(C2CCC3(CC2)OCCO3)C[C@H]1c1ccc(OC)cc1. The van der Waals surface area contributed by atoms with E-state index in [4.69, 9.17) is 23.7 Å². The Balaban J connectivity index is 1.58. The second-order valence-corrected chi connectivity index (χ2v) is 8.64. The molecule has 4 rings (SSSR count). The molecule has 31 heavy (non-hydrogen) atoms. The van der Waals surface area contributed by atoms with Crippen LogP contribution in [0.2, 0.25) is 0 Å². The summed E-state index contributed by atoms with van der Waals surface area (Å²) in [5.74, 6) is 0.0390. The van der Waals surface area contributed by atoms with Crippen molar-refractivity contribution in [3.63, 3.8) is 0 Å². The van der Waals surface area contributed by atoms with Crippen molar-refractivity contribution in [3.8, 4) is 5.75 Å². The Labute approximate surface area is 184 Å². The Hall–Kier alpha value is -1.67. The maximum absolute atomic E-state index is 13.3. The Morgan fingerprint density at radius 2 is 1.77 bits per heavy atom. The van der Waals surface area contributed by atoms with Crippen LogP contribution in [0.5, 0.6) is 5.75 Å². The van der Waals surface area contributed by atoms with Gasteiger partial charge in [-0.2, -0.15) is 0 Å². The fraction of sp³-hybridized carbons (Fsp3) is 0.708. The molecule has 3 fully saturated rings. The van der Waals surface area contributed by atoms with Gasteiger partial charge in [0.2, 0.25) is 0 Å². The number of hydrogen-bond acceptors (Lipinski definition) is 7. The molecule has 2 atom stereocenters. The molecule has 0 N–H and O–H groups in total. The lowest BCUT2D eigenvalue weighted by Gasteiger charge is -2.39. The van der Waals surface area contributed by atoms with Gasteiger partial charge in [0.25, 0.3) is 0 Å². The smallest absolute Gasteiger partial charge is 0.340 e. The molecule has 0 radical (unpaired) electrons. The first-order valence-corrected chi connectivity index (χ1v) is 11.5. The minimum Gasteiger partial charge on any atom is -0.497 e. The van der Waals surface area contributed by atoms with Gasteiger partial charge in [-0.05, 0) is 44.4 Å². The lowest BCUT2D eigenvalue weighted by atomic mass is 9.84. The molecule has 2 saturated heterocycles. The number of nitrogens with zero attached hydrogens (tertiary/aromatic N) is 1. The van der Waals surface area contributed by atoms with E-state index in [2.05, 4.69) is 4.90 Å². The number of esters is 1. The minimum atomic E-state index is -1.01. The van der Waals surface area contributed by atoms with Crippen LogP contribution in [-0.4, -0.2) is 74.9 Å². The van der Waals surface area contributed by atoms with E-state index in [-0.39, 0.29) is 17.7 Å². The van der Waals surface area contributed by atoms with Gasteiger partial charge >= 0.3 is 5.97 Å². The van der Waals surface area contributed by atoms with E-state index in [1.807, 2.05) is 38.1 Å². The van der Waals surface area contributed by atoms with Crippen LogP contribution in [0.1, 0.15) is 51.0 Å². The van der Waals surface area contributed by atoms with Crippen LogP contribution < -0.4 is 4.74 Å². The molecule has 7 heteroatoms. The van der Waals surface area contributed by atoms with Gasteiger partial charge < -0.3 is 23.7 Å². The van der Waals surface area contributed by atoms with Gasteiger partial charge in [-0.15, -0.1) is 0 Å². The van der Waals surface area contributed by atoms with Crippen molar-refractivity contribution in [2.75, 3.05) is 46.6 Å². The third kappa shape index (κ3) is 4.33. The van der Waals surface area contributed by atoms with Crippen LogP contribution >= 0.6 is 0 Å². The van der Waals surface area contributed by atoms with Crippen molar-refractivity contribution in [2.24, 2.45) is 0 Å². The van der Waals surface area contributed by atoms with Gasteiger partial charge in [0.1, 0.15) is 5.75 Å². The monoisotopic (exact) mass is 433 g/mol. The number of carbonyl (C=O) groups excluding carboxylic acids is 1. The Bertz CT molecular complexity index is 737. The Morgan fingerprint density at radius 1 is 1.10 bits per heavy atom. The first-order valence-electron chi connectivity index (χ1n) is 11.5. The number of ether oxygens (including phenoxy) is 5. The third-order valence-corrected chi connectivity index (χ3v) is 7.01. The van der Waals surface area contributed by atoms with Gasteiger partial charge in [-0.25, -0.2) is 4.79 Å². The Kier molecular flexibility index (Phi) is 6.86. The molecule has 1 aliphatic carbocycles. The summed E-state index contributed by atoms with van der Waals surface area (Å²) in [7, 11) is 1.66. The van der Waals surface area contributed by atoms with Crippen LogP contribution in [-0.2, 0) is 23.7 Å². The van der Waals surface area contributed by atoms with Crippen molar-refractivity contribution < 1.29 is 28.5 Å². The predicted octanol–water partition coefficient (Wildman–Crippen LogP) is 3.12. The van der Waals surface area contributed by atoms with E-state index >= 15 is 0 Å². The second kappa shape index (κ2) is 9.45. The van der Waals surface area contributed by atoms with E-state index in [1.165, 1.54) is 0 Å². The molecule has 0 amide bonds. The number of likely N-dealkylation sites (tertiary alicyclic amines) is 1. The fourth-order valence-electron chi connectivity index (χ4n) is 5.46. The lowest BCUT2D eigenvalue weighted by molar-refractivity contribution is -0.185. The highest BCUT2D eigenvalue weighted by Gasteiger charge is 2.56. The summed E-state index contributed by atoms with van der Waals surface area (Å²) in [5.41, 5.74) is 0.0639. The summed E-state index contributed by atoms with van der Waals surface area (Å²) >= 11 is 0. The minimum absolute atomic E-state index is 0.104. The van der Waals surface area contributed by atoms with Crippen LogP contribution in [0.25, 0.3) is 0 Å². The third-order valence-electron chi connectivity index (χ3n) is 7.01. The molecular formula is C24H35NO6. The number of carbonyl (C=O) groups is 1. The second-order valence-electron chi connectivity index (χ2n) is 8.64. The van der Waals surface area contributed by atoms with Gasteiger partial charge in [-0.1, -0.05) is 12.1 Å². The molecule has 0 bridgehead atoms. The van der Waals surface area contributed by atoms with Crippen molar-refractivity contribution in [3.05, 3.63) is 29.8 Å². The van der Waals surface area contributed by atoms with E-state index in [0.29, 0.717) is 39.0 Å². The van der Waals surface area contributed by atoms with Gasteiger partial charge in [0.15, 0.2) is 11.4 Å². The number of benzene rings is 1. The quantitative estimate of drug-likeness (QED) is 0.612. The predicted molar refractivity (Wildman–Crippen MR) is 115 cm³/mol. The molecule has 2 heterocycles. The molecule has 172 valence electrons. The standard InChI is InChI=1S/C24H35NO6/c1-4-28-22(26)24(29-5-2)17-25(16-21(24)18-6-8-20(27-3)9-7-18)19-10-12-23(13-11-19)30-14-15-31-23/h6-9,19,21H,4-5,10-17H2,1-3H3/t21-,24-/m0/s1. The maximum Gasteiger partial charge on any atom is 0.340 e. The summed E-state index contributed by atoms with van der Waals surface area (Å²) < 4.78 is 28.9. The van der Waals surface area contributed by atoms with Crippen LogP contribution in [0.15, 0.2) is 24.3 Å². The normalized spacial score (nSPS) is 28.8. The van der Waals surface area contributed by atoms with Crippen molar-refractivity contribution in [2.45, 2.75) is 62.9 Å². The highest BCUT2D eigenvalue weighted by molar-refractivity contribution is 5.82. The molecule has 1 aromatic rings. The summed E-state index contributed by atoms with van der Waals surface area (Å²) in [4.78, 5) is 15.7. The zero-order valence-electron chi connectivity index (χ0n) is 18.9. The molecule has 2 aliphatic heterocycles. The fourth-order valence-corrected chi connectivity index (χ4v) is 5.46. The molecule has 0 aromatic heterocycles. The molecule has 1 spiro atoms. The zero-order valence-corrected chi connectivity index (χ0v) is 18.9. The van der Waals surface area contributed by atoms with Gasteiger partial charge in [0, 0.05) is 44.5 Å². The van der Waals surface area contributed by atoms with E-state index in [0.717, 1.165) is 43.5 Å². The average molecular weight is 434 g/mol. The van der Waals surface area contributed by atoms with Crippen LogP contribution in [0, 0.1) is 0 Å². The topological polar surface area (TPSA) is 66.5 Å². The first-order chi connectivity index (χ1) is 15.1. The number of hydrogen-bond donors (Lipinski definition) is 0. The van der Waals surface area contributed by atoms with Crippen LogP contribution in [0.3, 0.4) is 0 Å². The first kappa shape index (κ1) is 22.5. The van der Waals surface area contributed by atoms with Gasteiger partial charge in [0.05, 0.1) is 26.9 Å². The highest BCUT2D eigenvalue weighted by Crippen LogP contribution is 2.45. The summed E-state index contributed by atoms with van der Waals surface area (Å²) in [6, 6.07) is 8.33. The van der Waals surface area contributed by atoms with E-state index < -0.39 is 5.60 Å². The summed E-state index contributed by atoms with van der Waals surface area (Å²) in [6.07, 6.45) is 3.76. The van der Waals surface area contributed by atoms with Crippen molar-refractivity contribution in [1.29, 1.82) is 0 Å². The average Bonchev–Trinajstić information content (AvgIpc) is 3.41. The molecule has 7 nitrogen and oxygen atoms in total. The van der Waals surface area contributed by atoms with Crippen molar-refractivity contribution in [1.82, 2.24) is 4.90 Å². The summed E-state index contributed by atoms with van der Waals surface area (Å²) in [6.45, 7) is 7.23. The highest BCUT2D eigenvalue weighted by atomic mass is 16.7. The molecule has 1 aromatic carbocycles. The van der Waals surface area contributed by atoms with Gasteiger partial charge in [-0.3, -0.25) is 4.90 Å².